The van der Waals surface area contributed by atoms with Crippen LogP contribution in [0.15, 0.2) is 54.7 Å². The van der Waals surface area contributed by atoms with Crippen LogP contribution >= 0.6 is 0 Å². The number of carbonyl (C=O) groups is 1. The average Bonchev–Trinajstić information content (AvgIpc) is 3.09. The lowest BCUT2D eigenvalue weighted by atomic mass is 9.71. The van der Waals surface area contributed by atoms with Gasteiger partial charge in [-0.1, -0.05) is 30.3 Å². The lowest BCUT2D eigenvalue weighted by molar-refractivity contribution is -0.181. The van der Waals surface area contributed by atoms with E-state index in [1.54, 1.807) is 6.20 Å². The van der Waals surface area contributed by atoms with Crippen molar-refractivity contribution in [3.63, 3.8) is 0 Å². The number of nitrogens with zero attached hydrogens (tertiary/aromatic N) is 4. The number of esters is 1. The first-order valence-electron chi connectivity index (χ1n) is 13.3. The van der Waals surface area contributed by atoms with Crippen molar-refractivity contribution in [3.8, 4) is 11.5 Å². The van der Waals surface area contributed by atoms with E-state index < -0.39 is 5.41 Å². The molecule has 1 aliphatic carbocycles. The highest BCUT2D eigenvalue weighted by molar-refractivity contribution is 5.76. The second-order valence-electron chi connectivity index (χ2n) is 11.7. The van der Waals surface area contributed by atoms with E-state index in [0.29, 0.717) is 11.7 Å². The molecule has 0 atom stereocenters. The molecule has 194 valence electrons. The Labute approximate surface area is 219 Å². The molecular weight excluding hydrogens is 462 g/mol. The van der Waals surface area contributed by atoms with Crippen molar-refractivity contribution in [2.24, 2.45) is 11.3 Å². The van der Waals surface area contributed by atoms with Crippen molar-refractivity contribution >= 4 is 17.6 Å². The van der Waals surface area contributed by atoms with Gasteiger partial charge in [-0.3, -0.25) is 9.78 Å². The number of pyridine rings is 1. The van der Waals surface area contributed by atoms with Gasteiger partial charge in [0.1, 0.15) is 22.9 Å². The highest BCUT2D eigenvalue weighted by atomic mass is 16.6. The van der Waals surface area contributed by atoms with Gasteiger partial charge in [-0.15, -0.1) is 0 Å². The summed E-state index contributed by atoms with van der Waals surface area (Å²) in [6.07, 6.45) is 5.45. The quantitative estimate of drug-likeness (QED) is 0.460. The summed E-state index contributed by atoms with van der Waals surface area (Å²) in [4.78, 5) is 28.9. The van der Waals surface area contributed by atoms with Crippen molar-refractivity contribution in [1.82, 2.24) is 15.0 Å². The molecule has 0 bridgehead atoms. The van der Waals surface area contributed by atoms with Gasteiger partial charge in [0.25, 0.3) is 0 Å². The fourth-order valence-corrected chi connectivity index (χ4v) is 5.21. The molecular formula is C30H37N5O2. The molecule has 2 aliphatic rings. The SMILES string of the molecule is CC1(OC(=O)C(C)(C)C)CC(CNc2cc(N3CCc4ccccc4CC3)nc(-c3ccccn3)n2)C1. The maximum Gasteiger partial charge on any atom is 0.311 e. The number of fused-ring (bicyclic) bond motifs is 1. The third kappa shape index (κ3) is 5.92. The zero-order valence-electron chi connectivity index (χ0n) is 22.3. The summed E-state index contributed by atoms with van der Waals surface area (Å²) in [5, 5.41) is 3.54. The predicted molar refractivity (Wildman–Crippen MR) is 146 cm³/mol. The molecule has 7 nitrogen and oxygen atoms in total. The van der Waals surface area contributed by atoms with E-state index in [1.807, 2.05) is 45.9 Å². The van der Waals surface area contributed by atoms with E-state index in [0.717, 1.165) is 62.6 Å². The molecule has 37 heavy (non-hydrogen) atoms. The number of benzene rings is 1. The number of anilines is 2. The van der Waals surface area contributed by atoms with Gasteiger partial charge in [0, 0.05) is 31.9 Å². The Morgan fingerprint density at radius 3 is 2.35 bits per heavy atom. The van der Waals surface area contributed by atoms with E-state index >= 15 is 0 Å². The number of nitrogens with one attached hydrogen (secondary N) is 1. The molecule has 0 saturated heterocycles. The molecule has 3 aromatic rings. The van der Waals surface area contributed by atoms with Crippen LogP contribution in [0.2, 0.25) is 0 Å². The number of hydrogen-bond donors (Lipinski definition) is 1. The largest absolute Gasteiger partial charge is 0.459 e. The van der Waals surface area contributed by atoms with Crippen molar-refractivity contribution < 1.29 is 9.53 Å². The molecule has 5 rings (SSSR count). The second kappa shape index (κ2) is 10.1. The Morgan fingerprint density at radius 2 is 1.73 bits per heavy atom. The van der Waals surface area contributed by atoms with Gasteiger partial charge < -0.3 is 15.0 Å². The van der Waals surface area contributed by atoms with Crippen LogP contribution in [0.5, 0.6) is 0 Å². The van der Waals surface area contributed by atoms with Gasteiger partial charge in [0.15, 0.2) is 5.82 Å². The third-order valence-electron chi connectivity index (χ3n) is 7.32. The summed E-state index contributed by atoms with van der Waals surface area (Å²) < 4.78 is 5.83. The van der Waals surface area contributed by atoms with Gasteiger partial charge in [-0.25, -0.2) is 9.97 Å². The zero-order chi connectivity index (χ0) is 26.0. The fraction of sp³-hybridized carbons (Fsp3) is 0.467. The number of rotatable bonds is 6. The summed E-state index contributed by atoms with van der Waals surface area (Å²) >= 11 is 0. The highest BCUT2D eigenvalue weighted by Gasteiger charge is 2.45. The van der Waals surface area contributed by atoms with Gasteiger partial charge in [0.05, 0.1) is 5.41 Å². The van der Waals surface area contributed by atoms with E-state index in [4.69, 9.17) is 14.7 Å². The number of aromatic nitrogens is 3. The Hall–Kier alpha value is -3.48. The molecule has 7 heteroatoms. The first-order valence-corrected chi connectivity index (χ1v) is 13.3. The normalized spacial score (nSPS) is 21.4. The van der Waals surface area contributed by atoms with Gasteiger partial charge in [-0.05, 0) is 82.6 Å². The molecule has 1 fully saturated rings. The summed E-state index contributed by atoms with van der Waals surface area (Å²) in [6.45, 7) is 10.3. The molecule has 1 aromatic carbocycles. The molecule has 1 saturated carbocycles. The minimum Gasteiger partial charge on any atom is -0.459 e. The highest BCUT2D eigenvalue weighted by Crippen LogP contribution is 2.42. The van der Waals surface area contributed by atoms with E-state index in [-0.39, 0.29) is 11.6 Å². The van der Waals surface area contributed by atoms with Crippen LogP contribution in [0.3, 0.4) is 0 Å². The van der Waals surface area contributed by atoms with Crippen molar-refractivity contribution in [1.29, 1.82) is 0 Å². The monoisotopic (exact) mass is 499 g/mol. The Balaban J connectivity index is 1.29. The Bertz CT molecular complexity index is 1220. The van der Waals surface area contributed by atoms with Gasteiger partial charge in [0.2, 0.25) is 0 Å². The molecule has 0 unspecified atom stereocenters. The number of hydrogen-bond acceptors (Lipinski definition) is 7. The van der Waals surface area contributed by atoms with Crippen LogP contribution in [0.4, 0.5) is 11.6 Å². The van der Waals surface area contributed by atoms with Crippen LogP contribution in [0.1, 0.15) is 51.7 Å². The maximum absolute atomic E-state index is 12.4. The maximum atomic E-state index is 12.4. The van der Waals surface area contributed by atoms with Crippen molar-refractivity contribution in [2.45, 2.75) is 59.0 Å². The topological polar surface area (TPSA) is 80.2 Å². The minimum absolute atomic E-state index is 0.138. The molecule has 1 N–H and O–H groups in total. The third-order valence-corrected chi connectivity index (χ3v) is 7.32. The van der Waals surface area contributed by atoms with E-state index in [9.17, 15) is 4.79 Å². The summed E-state index contributed by atoms with van der Waals surface area (Å²) in [7, 11) is 0. The predicted octanol–water partition coefficient (Wildman–Crippen LogP) is 5.31. The average molecular weight is 500 g/mol. The molecule has 0 amide bonds. The van der Waals surface area contributed by atoms with Crippen LogP contribution in [0.25, 0.3) is 11.5 Å². The summed E-state index contributed by atoms with van der Waals surface area (Å²) in [5.74, 6) is 2.62. The van der Waals surface area contributed by atoms with Crippen LogP contribution < -0.4 is 10.2 Å². The fourth-order valence-electron chi connectivity index (χ4n) is 5.21. The van der Waals surface area contributed by atoms with E-state index in [2.05, 4.69) is 45.5 Å². The molecule has 0 radical (unpaired) electrons. The molecule has 1 aliphatic heterocycles. The van der Waals surface area contributed by atoms with E-state index in [1.165, 1.54) is 11.1 Å². The van der Waals surface area contributed by atoms with Crippen LogP contribution in [0, 0.1) is 11.3 Å². The minimum atomic E-state index is -0.486. The van der Waals surface area contributed by atoms with Crippen molar-refractivity contribution in [3.05, 3.63) is 65.9 Å². The van der Waals surface area contributed by atoms with Crippen LogP contribution in [-0.4, -0.2) is 46.2 Å². The Morgan fingerprint density at radius 1 is 1.05 bits per heavy atom. The second-order valence-corrected chi connectivity index (χ2v) is 11.7. The lowest BCUT2D eigenvalue weighted by Crippen LogP contribution is -2.48. The van der Waals surface area contributed by atoms with Gasteiger partial charge in [-0.2, -0.15) is 0 Å². The number of ether oxygens (including phenoxy) is 1. The zero-order valence-corrected chi connectivity index (χ0v) is 22.3. The summed E-state index contributed by atoms with van der Waals surface area (Å²) in [6, 6.07) is 16.6. The summed E-state index contributed by atoms with van der Waals surface area (Å²) in [5.41, 5.74) is 2.73. The standard InChI is InChI=1S/C30H37N5O2/c1-29(2,3)28(36)37-30(4)18-21(19-30)20-32-25-17-26(34-27(33-25)24-11-7-8-14-31-24)35-15-12-22-9-5-6-10-23(22)13-16-35/h5-11,14,17,21H,12-13,15-16,18-20H2,1-4H3,(H,32,33,34). The molecule has 2 aromatic heterocycles. The van der Waals surface area contributed by atoms with Gasteiger partial charge >= 0.3 is 5.97 Å². The lowest BCUT2D eigenvalue weighted by Gasteiger charge is -2.45. The molecule has 0 spiro atoms. The first-order chi connectivity index (χ1) is 17.7. The number of carbonyl (C=O) groups excluding carboxylic acids is 1. The van der Waals surface area contributed by atoms with Crippen LogP contribution in [-0.2, 0) is 22.4 Å². The Kier molecular flexibility index (Phi) is 6.88. The van der Waals surface area contributed by atoms with Crippen molar-refractivity contribution in [2.75, 3.05) is 29.9 Å². The molecule has 3 heterocycles. The smallest absolute Gasteiger partial charge is 0.311 e. The first kappa shape index (κ1) is 25.2.